The van der Waals surface area contributed by atoms with Gasteiger partial charge in [0.15, 0.2) is 0 Å². The molecule has 1 saturated heterocycles. The van der Waals surface area contributed by atoms with E-state index in [0.717, 1.165) is 24.2 Å². The van der Waals surface area contributed by atoms with Gasteiger partial charge in [0.2, 0.25) is 0 Å². The Bertz CT molecular complexity index is 430. The quantitative estimate of drug-likeness (QED) is 0.887. The van der Waals surface area contributed by atoms with E-state index in [1.807, 2.05) is 19.2 Å². The highest BCUT2D eigenvalue weighted by atomic mass is 15.2. The van der Waals surface area contributed by atoms with Crippen LogP contribution in [-0.4, -0.2) is 18.1 Å². The Hall–Kier alpha value is -1.09. The molecule has 0 spiro atoms. The van der Waals surface area contributed by atoms with Gasteiger partial charge in [-0.3, -0.25) is 0 Å². The van der Waals surface area contributed by atoms with Crippen LogP contribution in [0.4, 0.5) is 5.82 Å². The highest BCUT2D eigenvalue weighted by molar-refractivity contribution is 5.42. The van der Waals surface area contributed by atoms with Crippen LogP contribution in [0.5, 0.6) is 0 Å². The Labute approximate surface area is 116 Å². The average Bonchev–Trinajstić information content (AvgIpc) is 2.47. The summed E-state index contributed by atoms with van der Waals surface area (Å²) in [6.45, 7) is 4.39. The fourth-order valence-electron chi connectivity index (χ4n) is 3.70. The Kier molecular flexibility index (Phi) is 3.74. The lowest BCUT2D eigenvalue weighted by molar-refractivity contribution is 0.202. The van der Waals surface area contributed by atoms with E-state index in [4.69, 9.17) is 5.73 Å². The van der Waals surface area contributed by atoms with Crippen molar-refractivity contribution in [3.63, 3.8) is 0 Å². The fourth-order valence-corrected chi connectivity index (χ4v) is 3.70. The molecule has 2 N–H and O–H groups in total. The number of piperidine rings is 1. The number of nitrogens with two attached hydrogens (primary N) is 1. The van der Waals surface area contributed by atoms with Gasteiger partial charge in [0.25, 0.3) is 0 Å². The minimum Gasteiger partial charge on any atom is -0.356 e. The van der Waals surface area contributed by atoms with Gasteiger partial charge >= 0.3 is 0 Å². The van der Waals surface area contributed by atoms with Crippen LogP contribution in [0.3, 0.4) is 0 Å². The SMILES string of the molecule is CC(N)c1ccnc(N2CCC3CCCCC3C2)c1. The molecule has 1 aliphatic heterocycles. The van der Waals surface area contributed by atoms with Gasteiger partial charge in [-0.1, -0.05) is 19.3 Å². The zero-order valence-electron chi connectivity index (χ0n) is 11.9. The van der Waals surface area contributed by atoms with E-state index in [1.54, 1.807) is 0 Å². The summed E-state index contributed by atoms with van der Waals surface area (Å²) in [6, 6.07) is 4.30. The van der Waals surface area contributed by atoms with Crippen molar-refractivity contribution in [2.45, 2.75) is 45.1 Å². The predicted molar refractivity (Wildman–Crippen MR) is 79.1 cm³/mol. The summed E-state index contributed by atoms with van der Waals surface area (Å²) in [6.07, 6.45) is 8.97. The second-order valence-electron chi connectivity index (χ2n) is 6.28. The minimum atomic E-state index is 0.0916. The van der Waals surface area contributed by atoms with Crippen LogP contribution in [0.1, 0.15) is 50.6 Å². The van der Waals surface area contributed by atoms with Gasteiger partial charge in [0.1, 0.15) is 5.82 Å². The minimum absolute atomic E-state index is 0.0916. The fraction of sp³-hybridized carbons (Fsp3) is 0.688. The van der Waals surface area contributed by atoms with Crippen molar-refractivity contribution in [2.75, 3.05) is 18.0 Å². The summed E-state index contributed by atoms with van der Waals surface area (Å²) < 4.78 is 0. The van der Waals surface area contributed by atoms with Gasteiger partial charge in [-0.05, 0) is 49.3 Å². The van der Waals surface area contributed by atoms with Crippen molar-refractivity contribution < 1.29 is 0 Å². The van der Waals surface area contributed by atoms with Gasteiger partial charge in [0, 0.05) is 25.3 Å². The number of nitrogens with zero attached hydrogens (tertiary/aromatic N) is 2. The van der Waals surface area contributed by atoms with E-state index in [2.05, 4.69) is 16.0 Å². The lowest BCUT2D eigenvalue weighted by Gasteiger charge is -2.41. The smallest absolute Gasteiger partial charge is 0.128 e. The summed E-state index contributed by atoms with van der Waals surface area (Å²) in [7, 11) is 0. The number of aromatic nitrogens is 1. The molecule has 0 radical (unpaired) electrons. The van der Waals surface area contributed by atoms with Crippen LogP contribution in [0.15, 0.2) is 18.3 Å². The Balaban J connectivity index is 1.74. The molecule has 2 heterocycles. The lowest BCUT2D eigenvalue weighted by Crippen LogP contribution is -2.42. The van der Waals surface area contributed by atoms with Crippen molar-refractivity contribution >= 4 is 5.82 Å². The molecular formula is C16H25N3. The van der Waals surface area contributed by atoms with Gasteiger partial charge in [0.05, 0.1) is 0 Å². The molecule has 104 valence electrons. The van der Waals surface area contributed by atoms with Crippen molar-refractivity contribution in [1.82, 2.24) is 4.98 Å². The molecule has 1 aliphatic carbocycles. The Morgan fingerprint density at radius 1 is 1.26 bits per heavy atom. The normalized spacial score (nSPS) is 28.8. The van der Waals surface area contributed by atoms with Crippen LogP contribution in [0, 0.1) is 11.8 Å². The standard InChI is InChI=1S/C16H25N3/c1-12(17)14-6-8-18-16(10-14)19-9-7-13-4-2-3-5-15(13)11-19/h6,8,10,12-13,15H,2-5,7,9,11,17H2,1H3. The van der Waals surface area contributed by atoms with E-state index in [9.17, 15) is 0 Å². The number of fused-ring (bicyclic) bond motifs is 1. The molecule has 3 rings (SSSR count). The number of hydrogen-bond acceptors (Lipinski definition) is 3. The van der Waals surface area contributed by atoms with E-state index in [1.165, 1.54) is 44.2 Å². The first-order valence-corrected chi connectivity index (χ1v) is 7.70. The number of rotatable bonds is 2. The van der Waals surface area contributed by atoms with Gasteiger partial charge < -0.3 is 10.6 Å². The van der Waals surface area contributed by atoms with Gasteiger partial charge in [-0.15, -0.1) is 0 Å². The molecule has 3 unspecified atom stereocenters. The van der Waals surface area contributed by atoms with E-state index >= 15 is 0 Å². The molecule has 3 heteroatoms. The molecule has 1 aromatic heterocycles. The number of pyridine rings is 1. The molecule has 0 amide bonds. The summed E-state index contributed by atoms with van der Waals surface area (Å²) in [5, 5.41) is 0. The second kappa shape index (κ2) is 5.49. The van der Waals surface area contributed by atoms with Crippen LogP contribution in [0.25, 0.3) is 0 Å². The lowest BCUT2D eigenvalue weighted by atomic mass is 9.75. The Morgan fingerprint density at radius 3 is 2.84 bits per heavy atom. The highest BCUT2D eigenvalue weighted by Gasteiger charge is 2.31. The molecule has 3 atom stereocenters. The second-order valence-corrected chi connectivity index (χ2v) is 6.28. The maximum atomic E-state index is 5.97. The third-order valence-corrected chi connectivity index (χ3v) is 4.91. The Morgan fingerprint density at radius 2 is 2.05 bits per heavy atom. The van der Waals surface area contributed by atoms with E-state index < -0.39 is 0 Å². The molecule has 2 aliphatic rings. The largest absolute Gasteiger partial charge is 0.356 e. The molecule has 19 heavy (non-hydrogen) atoms. The van der Waals surface area contributed by atoms with E-state index in [0.29, 0.717) is 0 Å². The zero-order chi connectivity index (χ0) is 13.2. The number of anilines is 1. The maximum Gasteiger partial charge on any atom is 0.128 e. The number of hydrogen-bond donors (Lipinski definition) is 1. The van der Waals surface area contributed by atoms with Crippen LogP contribution in [0.2, 0.25) is 0 Å². The predicted octanol–water partition coefficient (Wildman–Crippen LogP) is 3.12. The monoisotopic (exact) mass is 259 g/mol. The van der Waals surface area contributed by atoms with Crippen molar-refractivity contribution in [3.8, 4) is 0 Å². The zero-order valence-corrected chi connectivity index (χ0v) is 11.9. The first-order valence-electron chi connectivity index (χ1n) is 7.70. The molecule has 0 bridgehead atoms. The molecule has 2 fully saturated rings. The van der Waals surface area contributed by atoms with Crippen molar-refractivity contribution in [3.05, 3.63) is 23.9 Å². The summed E-state index contributed by atoms with van der Waals surface area (Å²) in [5.41, 5.74) is 7.16. The first-order chi connectivity index (χ1) is 9.24. The van der Waals surface area contributed by atoms with E-state index in [-0.39, 0.29) is 6.04 Å². The van der Waals surface area contributed by atoms with Crippen LogP contribution in [-0.2, 0) is 0 Å². The molecule has 1 aromatic rings. The summed E-state index contributed by atoms with van der Waals surface area (Å²) >= 11 is 0. The molecular weight excluding hydrogens is 234 g/mol. The molecule has 1 saturated carbocycles. The summed E-state index contributed by atoms with van der Waals surface area (Å²) in [4.78, 5) is 7.02. The van der Waals surface area contributed by atoms with Gasteiger partial charge in [-0.2, -0.15) is 0 Å². The average molecular weight is 259 g/mol. The summed E-state index contributed by atoms with van der Waals surface area (Å²) in [5.74, 6) is 2.99. The molecule has 0 aromatic carbocycles. The molecule has 3 nitrogen and oxygen atoms in total. The first kappa shape index (κ1) is 12.9. The third-order valence-electron chi connectivity index (χ3n) is 4.91. The van der Waals surface area contributed by atoms with Crippen molar-refractivity contribution in [2.24, 2.45) is 17.6 Å². The topological polar surface area (TPSA) is 42.1 Å². The highest BCUT2D eigenvalue weighted by Crippen LogP contribution is 2.37. The van der Waals surface area contributed by atoms with Crippen LogP contribution < -0.4 is 10.6 Å². The third kappa shape index (κ3) is 2.76. The van der Waals surface area contributed by atoms with Crippen LogP contribution >= 0.6 is 0 Å². The van der Waals surface area contributed by atoms with Crippen molar-refractivity contribution in [1.29, 1.82) is 0 Å². The van der Waals surface area contributed by atoms with Gasteiger partial charge in [-0.25, -0.2) is 4.98 Å². The maximum absolute atomic E-state index is 5.97.